The Labute approximate surface area is 79.2 Å². The van der Waals surface area contributed by atoms with Crippen molar-refractivity contribution in [3.05, 3.63) is 24.0 Å². The molecule has 0 bridgehead atoms. The van der Waals surface area contributed by atoms with E-state index in [2.05, 4.69) is 29.8 Å². The normalized spacial score (nSPS) is 27.2. The fourth-order valence-corrected chi connectivity index (χ4v) is 2.44. The molecule has 0 saturated carbocycles. The van der Waals surface area contributed by atoms with Gasteiger partial charge in [-0.1, -0.05) is 6.92 Å². The summed E-state index contributed by atoms with van der Waals surface area (Å²) >= 11 is 0. The van der Waals surface area contributed by atoms with E-state index in [4.69, 9.17) is 0 Å². The van der Waals surface area contributed by atoms with Crippen LogP contribution in [0.4, 0.5) is 0 Å². The zero-order chi connectivity index (χ0) is 9.31. The van der Waals surface area contributed by atoms with E-state index in [0.29, 0.717) is 0 Å². The minimum atomic E-state index is 0.0434. The molecule has 13 heavy (non-hydrogen) atoms. The number of hydrogen-bond acceptors (Lipinski definition) is 1. The molecule has 1 N–H and O–H groups in total. The van der Waals surface area contributed by atoms with Crippen molar-refractivity contribution in [2.75, 3.05) is 6.61 Å². The third-order valence-electron chi connectivity index (χ3n) is 3.41. The quantitative estimate of drug-likeness (QED) is 0.737. The van der Waals surface area contributed by atoms with Crippen molar-refractivity contribution in [2.45, 2.75) is 38.1 Å². The molecule has 1 aliphatic heterocycles. The lowest BCUT2D eigenvalue weighted by molar-refractivity contribution is 0.154. The molecule has 0 aromatic carbocycles. The number of aryl methyl sites for hydroxylation is 1. The highest BCUT2D eigenvalue weighted by Crippen LogP contribution is 2.36. The molecule has 0 fully saturated rings. The van der Waals surface area contributed by atoms with Crippen molar-refractivity contribution in [3.8, 4) is 0 Å². The number of aromatic nitrogens is 1. The zero-order valence-corrected chi connectivity index (χ0v) is 8.16. The van der Waals surface area contributed by atoms with E-state index in [-0.39, 0.29) is 12.0 Å². The SMILES string of the molecule is CC[C@]1(CO)CCCn2cccc21. The lowest BCUT2D eigenvalue weighted by atomic mass is 9.76. The second-order valence-electron chi connectivity index (χ2n) is 3.98. The highest BCUT2D eigenvalue weighted by molar-refractivity contribution is 5.21. The fraction of sp³-hybridized carbons (Fsp3) is 0.636. The Kier molecular flexibility index (Phi) is 2.16. The first kappa shape index (κ1) is 8.82. The van der Waals surface area contributed by atoms with Gasteiger partial charge in [0, 0.05) is 23.9 Å². The van der Waals surface area contributed by atoms with Crippen molar-refractivity contribution < 1.29 is 5.11 Å². The highest BCUT2D eigenvalue weighted by atomic mass is 16.3. The van der Waals surface area contributed by atoms with Gasteiger partial charge in [0.05, 0.1) is 6.61 Å². The van der Waals surface area contributed by atoms with E-state index in [1.165, 1.54) is 12.1 Å². The van der Waals surface area contributed by atoms with Crippen LogP contribution in [0.25, 0.3) is 0 Å². The Morgan fingerprint density at radius 3 is 3.15 bits per heavy atom. The van der Waals surface area contributed by atoms with Gasteiger partial charge in [-0.25, -0.2) is 0 Å². The van der Waals surface area contributed by atoms with Gasteiger partial charge in [0.2, 0.25) is 0 Å². The highest BCUT2D eigenvalue weighted by Gasteiger charge is 2.34. The van der Waals surface area contributed by atoms with E-state index >= 15 is 0 Å². The van der Waals surface area contributed by atoms with Crippen molar-refractivity contribution in [2.24, 2.45) is 0 Å². The summed E-state index contributed by atoms with van der Waals surface area (Å²) in [6, 6.07) is 4.24. The van der Waals surface area contributed by atoms with Crippen molar-refractivity contribution in [1.29, 1.82) is 0 Å². The van der Waals surface area contributed by atoms with Gasteiger partial charge in [-0.05, 0) is 31.4 Å². The lowest BCUT2D eigenvalue weighted by Gasteiger charge is -2.36. The van der Waals surface area contributed by atoms with Crippen LogP contribution < -0.4 is 0 Å². The van der Waals surface area contributed by atoms with Crippen LogP contribution in [-0.4, -0.2) is 16.3 Å². The maximum absolute atomic E-state index is 9.49. The van der Waals surface area contributed by atoms with Gasteiger partial charge in [-0.15, -0.1) is 0 Å². The number of fused-ring (bicyclic) bond motifs is 1. The summed E-state index contributed by atoms with van der Waals surface area (Å²) in [5, 5.41) is 9.49. The minimum Gasteiger partial charge on any atom is -0.395 e. The average molecular weight is 179 g/mol. The first-order valence-electron chi connectivity index (χ1n) is 5.09. The molecule has 0 saturated heterocycles. The van der Waals surface area contributed by atoms with E-state index in [1.54, 1.807) is 0 Å². The van der Waals surface area contributed by atoms with Gasteiger partial charge in [-0.2, -0.15) is 0 Å². The Morgan fingerprint density at radius 1 is 1.62 bits per heavy atom. The summed E-state index contributed by atoms with van der Waals surface area (Å²) in [5.41, 5.74) is 1.37. The molecule has 2 nitrogen and oxygen atoms in total. The van der Waals surface area contributed by atoms with E-state index in [1.807, 2.05) is 0 Å². The van der Waals surface area contributed by atoms with Crippen LogP contribution in [-0.2, 0) is 12.0 Å². The number of aliphatic hydroxyl groups excluding tert-OH is 1. The van der Waals surface area contributed by atoms with Crippen LogP contribution in [0.2, 0.25) is 0 Å². The molecule has 1 aliphatic rings. The van der Waals surface area contributed by atoms with Gasteiger partial charge in [0.15, 0.2) is 0 Å². The number of aliphatic hydroxyl groups is 1. The topological polar surface area (TPSA) is 25.2 Å². The van der Waals surface area contributed by atoms with Gasteiger partial charge in [0.1, 0.15) is 0 Å². The van der Waals surface area contributed by atoms with Crippen LogP contribution in [0, 0.1) is 0 Å². The summed E-state index contributed by atoms with van der Waals surface area (Å²) in [6.07, 6.45) is 5.47. The summed E-state index contributed by atoms with van der Waals surface area (Å²) < 4.78 is 2.28. The smallest absolute Gasteiger partial charge is 0.0542 e. The predicted molar refractivity (Wildman–Crippen MR) is 52.7 cm³/mol. The minimum absolute atomic E-state index is 0.0434. The lowest BCUT2D eigenvalue weighted by Crippen LogP contribution is -2.36. The first-order chi connectivity index (χ1) is 6.32. The van der Waals surface area contributed by atoms with Crippen molar-refractivity contribution >= 4 is 0 Å². The molecular formula is C11H17NO. The van der Waals surface area contributed by atoms with Crippen molar-refractivity contribution in [3.63, 3.8) is 0 Å². The predicted octanol–water partition coefficient (Wildman–Crippen LogP) is 1.92. The van der Waals surface area contributed by atoms with Crippen LogP contribution >= 0.6 is 0 Å². The van der Waals surface area contributed by atoms with Gasteiger partial charge in [0.25, 0.3) is 0 Å². The maximum atomic E-state index is 9.49. The third-order valence-corrected chi connectivity index (χ3v) is 3.41. The van der Waals surface area contributed by atoms with E-state index < -0.39 is 0 Å². The number of rotatable bonds is 2. The third kappa shape index (κ3) is 1.20. The maximum Gasteiger partial charge on any atom is 0.0542 e. The largest absolute Gasteiger partial charge is 0.395 e. The van der Waals surface area contributed by atoms with Crippen LogP contribution in [0.3, 0.4) is 0 Å². The van der Waals surface area contributed by atoms with E-state index in [0.717, 1.165) is 19.4 Å². The molecule has 1 aromatic heterocycles. The standard InChI is InChI=1S/C11H17NO/c1-2-11(9-13)6-4-8-12-7-3-5-10(11)12/h3,5,7,13H,2,4,6,8-9H2,1H3/t11-/m1/s1. The molecule has 0 radical (unpaired) electrons. The Hall–Kier alpha value is -0.760. The van der Waals surface area contributed by atoms with Crippen LogP contribution in [0.1, 0.15) is 31.9 Å². The van der Waals surface area contributed by atoms with Crippen LogP contribution in [0.15, 0.2) is 18.3 Å². The molecule has 2 heteroatoms. The summed E-state index contributed by atoms with van der Waals surface area (Å²) in [6.45, 7) is 3.57. The zero-order valence-electron chi connectivity index (χ0n) is 8.16. The number of nitrogens with zero attached hydrogens (tertiary/aromatic N) is 1. The second kappa shape index (κ2) is 3.18. The second-order valence-corrected chi connectivity index (χ2v) is 3.98. The molecule has 0 aliphatic carbocycles. The molecule has 1 atom stereocenters. The van der Waals surface area contributed by atoms with Crippen molar-refractivity contribution in [1.82, 2.24) is 4.57 Å². The van der Waals surface area contributed by atoms with Gasteiger partial charge >= 0.3 is 0 Å². The fourth-order valence-electron chi connectivity index (χ4n) is 2.44. The molecule has 72 valence electrons. The van der Waals surface area contributed by atoms with Gasteiger partial charge in [-0.3, -0.25) is 0 Å². The summed E-state index contributed by atoms with van der Waals surface area (Å²) in [4.78, 5) is 0. The average Bonchev–Trinajstić information content (AvgIpc) is 2.65. The molecule has 2 rings (SSSR count). The van der Waals surface area contributed by atoms with Gasteiger partial charge < -0.3 is 9.67 Å². The Morgan fingerprint density at radius 2 is 2.46 bits per heavy atom. The molecule has 0 amide bonds. The monoisotopic (exact) mass is 179 g/mol. The molecule has 1 aromatic rings. The number of hydrogen-bond donors (Lipinski definition) is 1. The summed E-state index contributed by atoms with van der Waals surface area (Å²) in [5.74, 6) is 0. The summed E-state index contributed by atoms with van der Waals surface area (Å²) in [7, 11) is 0. The molecular weight excluding hydrogens is 162 g/mol. The van der Waals surface area contributed by atoms with E-state index in [9.17, 15) is 5.11 Å². The Bertz CT molecular complexity index is 286. The molecule has 0 unspecified atom stereocenters. The molecule has 2 heterocycles. The molecule has 0 spiro atoms. The van der Waals surface area contributed by atoms with Crippen LogP contribution in [0.5, 0.6) is 0 Å². The first-order valence-corrected chi connectivity index (χ1v) is 5.09. The Balaban J connectivity index is 2.43.